The second kappa shape index (κ2) is 7.28. The molecule has 0 aliphatic carbocycles. The van der Waals surface area contributed by atoms with E-state index < -0.39 is 0 Å². The van der Waals surface area contributed by atoms with Crippen LogP contribution < -0.4 is 9.80 Å². The third-order valence-electron chi connectivity index (χ3n) is 4.35. The highest BCUT2D eigenvalue weighted by Gasteiger charge is 2.21. The van der Waals surface area contributed by atoms with Gasteiger partial charge in [0.1, 0.15) is 0 Å². The van der Waals surface area contributed by atoms with Crippen molar-refractivity contribution in [1.29, 1.82) is 0 Å². The lowest BCUT2D eigenvalue weighted by Gasteiger charge is -2.30. The number of aryl methyl sites for hydroxylation is 1. The molecule has 2 saturated heterocycles. The summed E-state index contributed by atoms with van der Waals surface area (Å²) in [6.45, 7) is 7.93. The molecule has 2 fully saturated rings. The summed E-state index contributed by atoms with van der Waals surface area (Å²) in [6, 6.07) is 3.94. The summed E-state index contributed by atoms with van der Waals surface area (Å²) >= 11 is 0. The highest BCUT2D eigenvalue weighted by Crippen LogP contribution is 2.22. The van der Waals surface area contributed by atoms with Crippen molar-refractivity contribution in [3.63, 3.8) is 0 Å². The number of anilines is 2. The van der Waals surface area contributed by atoms with Crippen molar-refractivity contribution in [2.24, 2.45) is 0 Å². The van der Waals surface area contributed by atoms with Crippen LogP contribution in [0.1, 0.15) is 5.69 Å². The predicted octanol–water partition coefficient (Wildman–Crippen LogP) is 0.915. The average molecular weight is 342 g/mol. The minimum Gasteiger partial charge on any atom is -0.378 e. The fourth-order valence-corrected chi connectivity index (χ4v) is 2.98. The molecule has 0 atom stereocenters. The Labute approximate surface area is 146 Å². The van der Waals surface area contributed by atoms with Crippen LogP contribution in [0.4, 0.5) is 11.9 Å². The summed E-state index contributed by atoms with van der Waals surface area (Å²) in [5.41, 5.74) is 1.90. The Balaban J connectivity index is 1.73. The Bertz CT molecular complexity index is 693. The molecule has 2 aliphatic rings. The minimum atomic E-state index is 0.684. The lowest BCUT2D eigenvalue weighted by atomic mass is 10.2. The normalized spacial score (nSPS) is 18.4. The first kappa shape index (κ1) is 16.2. The number of pyridine rings is 1. The molecule has 0 spiro atoms. The Kier molecular flexibility index (Phi) is 4.71. The number of hydrogen-bond acceptors (Lipinski definition) is 8. The van der Waals surface area contributed by atoms with Crippen LogP contribution in [-0.2, 0) is 9.47 Å². The molecule has 132 valence electrons. The quantitative estimate of drug-likeness (QED) is 0.815. The van der Waals surface area contributed by atoms with E-state index in [9.17, 15) is 0 Å². The van der Waals surface area contributed by atoms with Gasteiger partial charge in [-0.3, -0.25) is 4.98 Å². The van der Waals surface area contributed by atoms with Crippen molar-refractivity contribution in [1.82, 2.24) is 19.9 Å². The van der Waals surface area contributed by atoms with E-state index >= 15 is 0 Å². The van der Waals surface area contributed by atoms with Gasteiger partial charge in [0.15, 0.2) is 5.82 Å². The molecule has 0 bridgehead atoms. The molecule has 0 unspecified atom stereocenters. The SMILES string of the molecule is Cc1cc(-c2nc(N3CCOCC3)nc(N3CCOCC3)n2)ccn1. The van der Waals surface area contributed by atoms with E-state index in [1.165, 1.54) is 0 Å². The molecule has 0 N–H and O–H groups in total. The molecule has 8 nitrogen and oxygen atoms in total. The number of ether oxygens (including phenoxy) is 2. The van der Waals surface area contributed by atoms with Crippen molar-refractivity contribution < 1.29 is 9.47 Å². The average Bonchev–Trinajstić information content (AvgIpc) is 2.69. The van der Waals surface area contributed by atoms with Crippen molar-refractivity contribution in [3.05, 3.63) is 24.0 Å². The number of rotatable bonds is 3. The number of hydrogen-bond donors (Lipinski definition) is 0. The third kappa shape index (κ3) is 3.69. The zero-order valence-corrected chi connectivity index (χ0v) is 14.4. The van der Waals surface area contributed by atoms with E-state index in [1.807, 2.05) is 19.1 Å². The van der Waals surface area contributed by atoms with E-state index in [-0.39, 0.29) is 0 Å². The Morgan fingerprint density at radius 1 is 0.840 bits per heavy atom. The molecule has 2 aliphatic heterocycles. The van der Waals surface area contributed by atoms with Gasteiger partial charge in [0, 0.05) is 43.6 Å². The maximum absolute atomic E-state index is 5.45. The van der Waals surface area contributed by atoms with Gasteiger partial charge in [-0.25, -0.2) is 0 Å². The van der Waals surface area contributed by atoms with Crippen LogP contribution in [0.3, 0.4) is 0 Å². The van der Waals surface area contributed by atoms with Crippen molar-refractivity contribution >= 4 is 11.9 Å². The highest BCUT2D eigenvalue weighted by atomic mass is 16.5. The van der Waals surface area contributed by atoms with Crippen molar-refractivity contribution in [2.75, 3.05) is 62.4 Å². The molecular formula is C17H22N6O2. The maximum atomic E-state index is 5.45. The van der Waals surface area contributed by atoms with Gasteiger partial charge in [0.2, 0.25) is 11.9 Å². The first-order valence-electron chi connectivity index (χ1n) is 8.64. The maximum Gasteiger partial charge on any atom is 0.230 e. The summed E-state index contributed by atoms with van der Waals surface area (Å²) in [4.78, 5) is 22.8. The van der Waals surface area contributed by atoms with Gasteiger partial charge in [-0.05, 0) is 19.1 Å². The van der Waals surface area contributed by atoms with Crippen LogP contribution in [-0.4, -0.2) is 72.5 Å². The molecule has 2 aromatic rings. The highest BCUT2D eigenvalue weighted by molar-refractivity contribution is 5.58. The molecule has 0 amide bonds. The zero-order chi connectivity index (χ0) is 17.1. The van der Waals surface area contributed by atoms with Gasteiger partial charge in [-0.15, -0.1) is 0 Å². The van der Waals surface area contributed by atoms with Gasteiger partial charge in [0.05, 0.1) is 26.4 Å². The van der Waals surface area contributed by atoms with E-state index in [0.29, 0.717) is 44.1 Å². The molecule has 0 saturated carbocycles. The molecular weight excluding hydrogens is 320 g/mol. The Morgan fingerprint density at radius 3 is 1.92 bits per heavy atom. The van der Waals surface area contributed by atoms with E-state index in [1.54, 1.807) is 6.20 Å². The molecule has 0 aromatic carbocycles. The number of aromatic nitrogens is 4. The Morgan fingerprint density at radius 2 is 1.40 bits per heavy atom. The van der Waals surface area contributed by atoms with Crippen LogP contribution in [0.5, 0.6) is 0 Å². The lowest BCUT2D eigenvalue weighted by molar-refractivity contribution is 0.121. The number of nitrogens with zero attached hydrogens (tertiary/aromatic N) is 6. The first-order valence-corrected chi connectivity index (χ1v) is 8.64. The van der Waals surface area contributed by atoms with Gasteiger partial charge in [-0.1, -0.05) is 0 Å². The molecule has 0 radical (unpaired) electrons. The van der Waals surface area contributed by atoms with Gasteiger partial charge < -0.3 is 19.3 Å². The fraction of sp³-hybridized carbons (Fsp3) is 0.529. The molecule has 4 rings (SSSR count). The largest absolute Gasteiger partial charge is 0.378 e. The fourth-order valence-electron chi connectivity index (χ4n) is 2.98. The van der Waals surface area contributed by atoms with E-state index in [4.69, 9.17) is 24.4 Å². The standard InChI is InChI=1S/C17H22N6O2/c1-13-12-14(2-3-18-13)15-19-16(22-4-8-24-9-5-22)21-17(20-15)23-6-10-25-11-7-23/h2-3,12H,4-11H2,1H3. The molecule has 25 heavy (non-hydrogen) atoms. The molecule has 4 heterocycles. The monoisotopic (exact) mass is 342 g/mol. The summed E-state index contributed by atoms with van der Waals surface area (Å²) in [5.74, 6) is 2.11. The molecule has 8 heteroatoms. The zero-order valence-electron chi connectivity index (χ0n) is 14.4. The smallest absolute Gasteiger partial charge is 0.230 e. The molecule has 2 aromatic heterocycles. The predicted molar refractivity (Wildman–Crippen MR) is 93.9 cm³/mol. The third-order valence-corrected chi connectivity index (χ3v) is 4.35. The van der Waals surface area contributed by atoms with Crippen LogP contribution >= 0.6 is 0 Å². The first-order chi connectivity index (χ1) is 12.3. The van der Waals surface area contributed by atoms with Gasteiger partial charge >= 0.3 is 0 Å². The summed E-state index contributed by atoms with van der Waals surface area (Å²) in [5, 5.41) is 0. The summed E-state index contributed by atoms with van der Waals surface area (Å²) in [7, 11) is 0. The van der Waals surface area contributed by atoms with Gasteiger partial charge in [0.25, 0.3) is 0 Å². The Hall–Kier alpha value is -2.32. The van der Waals surface area contributed by atoms with Crippen LogP contribution in [0, 0.1) is 6.92 Å². The van der Waals surface area contributed by atoms with Crippen molar-refractivity contribution in [2.45, 2.75) is 6.92 Å². The minimum absolute atomic E-state index is 0.684. The summed E-state index contributed by atoms with van der Waals surface area (Å²) < 4.78 is 10.9. The van der Waals surface area contributed by atoms with Gasteiger partial charge in [-0.2, -0.15) is 15.0 Å². The topological polar surface area (TPSA) is 76.5 Å². The van der Waals surface area contributed by atoms with E-state index in [2.05, 4.69) is 14.8 Å². The number of morpholine rings is 2. The second-order valence-corrected chi connectivity index (χ2v) is 6.14. The summed E-state index contributed by atoms with van der Waals surface area (Å²) in [6.07, 6.45) is 1.79. The van der Waals surface area contributed by atoms with Crippen LogP contribution in [0.15, 0.2) is 18.3 Å². The van der Waals surface area contributed by atoms with Crippen molar-refractivity contribution in [3.8, 4) is 11.4 Å². The van der Waals surface area contributed by atoms with Crippen LogP contribution in [0.25, 0.3) is 11.4 Å². The van der Waals surface area contributed by atoms with Crippen LogP contribution in [0.2, 0.25) is 0 Å². The second-order valence-electron chi connectivity index (χ2n) is 6.14. The lowest BCUT2D eigenvalue weighted by Crippen LogP contribution is -2.40. The van der Waals surface area contributed by atoms with E-state index in [0.717, 1.165) is 37.4 Å².